The van der Waals surface area contributed by atoms with E-state index < -0.39 is 0 Å². The maximum absolute atomic E-state index is 5.73. The molecule has 0 bridgehead atoms. The Kier molecular flexibility index (Phi) is 3.90. The number of anilines is 1. The second-order valence-corrected chi connectivity index (χ2v) is 6.62. The lowest BCUT2D eigenvalue weighted by Crippen LogP contribution is -2.35. The SMILES string of the molecule is Nc1ncc(-c2ccc3nnc(CN4CCOCC4)cc3c2)s1. The van der Waals surface area contributed by atoms with E-state index in [0.717, 1.165) is 59.9 Å². The van der Waals surface area contributed by atoms with Crippen molar-refractivity contribution in [3.05, 3.63) is 36.2 Å². The second-order valence-electron chi connectivity index (χ2n) is 5.56. The van der Waals surface area contributed by atoms with E-state index in [0.29, 0.717) is 5.13 Å². The number of thiazole rings is 1. The van der Waals surface area contributed by atoms with Crippen LogP contribution in [-0.4, -0.2) is 46.4 Å². The lowest BCUT2D eigenvalue weighted by molar-refractivity contribution is 0.0335. The Bertz CT molecular complexity index is 828. The average molecular weight is 327 g/mol. The molecule has 3 heterocycles. The second kappa shape index (κ2) is 6.19. The molecule has 6 nitrogen and oxygen atoms in total. The van der Waals surface area contributed by atoms with Gasteiger partial charge in [0.15, 0.2) is 5.13 Å². The van der Waals surface area contributed by atoms with Gasteiger partial charge in [0.2, 0.25) is 0 Å². The minimum atomic E-state index is 0.584. The smallest absolute Gasteiger partial charge is 0.180 e. The summed E-state index contributed by atoms with van der Waals surface area (Å²) in [6.45, 7) is 4.28. The third kappa shape index (κ3) is 3.17. The largest absolute Gasteiger partial charge is 0.379 e. The first-order valence-electron chi connectivity index (χ1n) is 7.56. The van der Waals surface area contributed by atoms with Gasteiger partial charge >= 0.3 is 0 Å². The number of nitrogen functional groups attached to an aromatic ring is 1. The summed E-state index contributed by atoms with van der Waals surface area (Å²) in [7, 11) is 0. The number of morpholine rings is 1. The number of nitrogens with zero attached hydrogens (tertiary/aromatic N) is 4. The number of hydrogen-bond donors (Lipinski definition) is 1. The summed E-state index contributed by atoms with van der Waals surface area (Å²) >= 11 is 1.49. The first kappa shape index (κ1) is 14.5. The van der Waals surface area contributed by atoms with Crippen molar-refractivity contribution in [3.63, 3.8) is 0 Å². The number of fused-ring (bicyclic) bond motifs is 1. The van der Waals surface area contributed by atoms with Gasteiger partial charge in [0.1, 0.15) is 0 Å². The number of rotatable bonds is 3. The van der Waals surface area contributed by atoms with Crippen molar-refractivity contribution in [2.45, 2.75) is 6.54 Å². The van der Waals surface area contributed by atoms with Gasteiger partial charge in [-0.3, -0.25) is 4.90 Å². The maximum Gasteiger partial charge on any atom is 0.180 e. The molecule has 3 aromatic rings. The van der Waals surface area contributed by atoms with Gasteiger partial charge in [0, 0.05) is 31.2 Å². The Morgan fingerprint density at radius 2 is 2.04 bits per heavy atom. The van der Waals surface area contributed by atoms with Crippen LogP contribution < -0.4 is 5.73 Å². The topological polar surface area (TPSA) is 77.2 Å². The lowest BCUT2D eigenvalue weighted by Gasteiger charge is -2.25. The molecule has 1 aliphatic heterocycles. The van der Waals surface area contributed by atoms with E-state index in [1.165, 1.54) is 11.3 Å². The molecule has 0 radical (unpaired) electrons. The molecule has 118 valence electrons. The van der Waals surface area contributed by atoms with Gasteiger partial charge in [-0.25, -0.2) is 4.98 Å². The van der Waals surface area contributed by atoms with Crippen molar-refractivity contribution in [3.8, 4) is 10.4 Å². The van der Waals surface area contributed by atoms with Crippen LogP contribution in [0.5, 0.6) is 0 Å². The Morgan fingerprint density at radius 3 is 2.83 bits per heavy atom. The van der Waals surface area contributed by atoms with Gasteiger partial charge in [-0.2, -0.15) is 10.2 Å². The fraction of sp³-hybridized carbons (Fsp3) is 0.312. The van der Waals surface area contributed by atoms with Crippen LogP contribution in [0.15, 0.2) is 30.5 Å². The van der Waals surface area contributed by atoms with Crippen LogP contribution in [0, 0.1) is 0 Å². The van der Waals surface area contributed by atoms with Gasteiger partial charge in [-0.15, -0.1) is 0 Å². The molecule has 23 heavy (non-hydrogen) atoms. The third-order valence-electron chi connectivity index (χ3n) is 3.93. The Morgan fingerprint density at radius 1 is 1.17 bits per heavy atom. The number of benzene rings is 1. The first-order chi connectivity index (χ1) is 11.3. The zero-order valence-corrected chi connectivity index (χ0v) is 13.4. The highest BCUT2D eigenvalue weighted by atomic mass is 32.1. The quantitative estimate of drug-likeness (QED) is 0.794. The van der Waals surface area contributed by atoms with E-state index in [9.17, 15) is 0 Å². The van der Waals surface area contributed by atoms with Gasteiger partial charge in [-0.05, 0) is 23.8 Å². The third-order valence-corrected chi connectivity index (χ3v) is 4.81. The molecule has 1 aliphatic rings. The molecule has 0 aliphatic carbocycles. The molecule has 0 amide bonds. The molecule has 1 aromatic carbocycles. The fourth-order valence-corrected chi connectivity index (χ4v) is 3.41. The van der Waals surface area contributed by atoms with Crippen molar-refractivity contribution in [2.24, 2.45) is 0 Å². The molecule has 1 saturated heterocycles. The van der Waals surface area contributed by atoms with E-state index in [4.69, 9.17) is 10.5 Å². The molecule has 7 heteroatoms. The highest BCUT2D eigenvalue weighted by Crippen LogP contribution is 2.29. The predicted molar refractivity (Wildman–Crippen MR) is 91.2 cm³/mol. The summed E-state index contributed by atoms with van der Waals surface area (Å²) in [5.41, 5.74) is 8.72. The van der Waals surface area contributed by atoms with Crippen molar-refractivity contribution in [2.75, 3.05) is 32.0 Å². The molecule has 0 unspecified atom stereocenters. The number of hydrogen-bond acceptors (Lipinski definition) is 7. The van der Waals surface area contributed by atoms with Crippen LogP contribution in [0.3, 0.4) is 0 Å². The predicted octanol–water partition coefficient (Wildman–Crippen LogP) is 2.17. The molecule has 0 spiro atoms. The van der Waals surface area contributed by atoms with Crippen LogP contribution >= 0.6 is 11.3 Å². The average Bonchev–Trinajstić information content (AvgIpc) is 3.02. The van der Waals surface area contributed by atoms with E-state index >= 15 is 0 Å². The molecule has 0 saturated carbocycles. The molecule has 4 rings (SSSR count). The summed E-state index contributed by atoms with van der Waals surface area (Å²) in [6, 6.07) is 8.27. The van der Waals surface area contributed by atoms with Crippen LogP contribution in [-0.2, 0) is 11.3 Å². The van der Waals surface area contributed by atoms with Crippen molar-refractivity contribution in [1.82, 2.24) is 20.1 Å². The van der Waals surface area contributed by atoms with E-state index in [1.54, 1.807) is 0 Å². The fourth-order valence-electron chi connectivity index (χ4n) is 2.73. The Hall–Kier alpha value is -2.09. The van der Waals surface area contributed by atoms with Crippen LogP contribution in [0.25, 0.3) is 21.3 Å². The van der Waals surface area contributed by atoms with Crippen LogP contribution in [0.4, 0.5) is 5.13 Å². The van der Waals surface area contributed by atoms with E-state index in [-0.39, 0.29) is 0 Å². The molecular weight excluding hydrogens is 310 g/mol. The van der Waals surface area contributed by atoms with Crippen molar-refractivity contribution >= 4 is 27.4 Å². The first-order valence-corrected chi connectivity index (χ1v) is 8.38. The standard InChI is InChI=1S/C16H17N5OS/c17-16-18-9-15(23-16)11-1-2-14-12(7-11)8-13(19-20-14)10-21-3-5-22-6-4-21/h1-2,7-9H,3-6,10H2,(H2,17,18). The Labute approximate surface area is 137 Å². The van der Waals surface area contributed by atoms with Gasteiger partial charge < -0.3 is 10.5 Å². The van der Waals surface area contributed by atoms with E-state index in [1.807, 2.05) is 18.3 Å². The highest BCUT2D eigenvalue weighted by Gasteiger charge is 2.12. The minimum absolute atomic E-state index is 0.584. The van der Waals surface area contributed by atoms with Crippen molar-refractivity contribution < 1.29 is 4.74 Å². The van der Waals surface area contributed by atoms with Gasteiger partial charge in [0.25, 0.3) is 0 Å². The van der Waals surface area contributed by atoms with Crippen molar-refractivity contribution in [1.29, 1.82) is 0 Å². The highest BCUT2D eigenvalue weighted by molar-refractivity contribution is 7.18. The monoisotopic (exact) mass is 327 g/mol. The summed E-state index contributed by atoms with van der Waals surface area (Å²) in [5.74, 6) is 0. The Balaban J connectivity index is 1.63. The summed E-state index contributed by atoms with van der Waals surface area (Å²) in [6.07, 6.45) is 1.81. The lowest BCUT2D eigenvalue weighted by atomic mass is 10.1. The molecule has 0 atom stereocenters. The normalized spacial score (nSPS) is 16.0. The zero-order valence-electron chi connectivity index (χ0n) is 12.6. The number of ether oxygens (including phenoxy) is 1. The molecule has 2 N–H and O–H groups in total. The molecule has 1 fully saturated rings. The van der Waals surface area contributed by atoms with Gasteiger partial charge in [0.05, 0.1) is 29.3 Å². The maximum atomic E-state index is 5.73. The van der Waals surface area contributed by atoms with Crippen LogP contribution in [0.1, 0.15) is 5.69 Å². The summed E-state index contributed by atoms with van der Waals surface area (Å²) in [4.78, 5) is 7.52. The van der Waals surface area contributed by atoms with E-state index in [2.05, 4.69) is 32.2 Å². The minimum Gasteiger partial charge on any atom is -0.379 e. The van der Waals surface area contributed by atoms with Crippen LogP contribution in [0.2, 0.25) is 0 Å². The number of nitrogens with two attached hydrogens (primary N) is 1. The van der Waals surface area contributed by atoms with Gasteiger partial charge in [-0.1, -0.05) is 17.4 Å². The molecule has 2 aromatic heterocycles. The summed E-state index contributed by atoms with van der Waals surface area (Å²) < 4.78 is 5.38. The number of aromatic nitrogens is 3. The summed E-state index contributed by atoms with van der Waals surface area (Å²) in [5, 5.41) is 10.4. The molecular formula is C16H17N5OS. The zero-order chi connectivity index (χ0) is 15.6.